The molecular formula is C12H21N3O2S. The normalized spacial score (nSPS) is 12.5. The number of carbonyl (C=O) groups excluding carboxylic acids is 1. The molecule has 0 aliphatic rings. The third kappa shape index (κ3) is 3.74. The highest BCUT2D eigenvalue weighted by Gasteiger charge is 2.20. The standard InChI is InChI=1S/C12H21N3O2S/c1-8-10(9(2)17-14-8)7-15(3)12(16)11(13)5-6-18-4/h11H,5-7,13H2,1-4H3/t11-/m1/s1. The maximum absolute atomic E-state index is 12.0. The van der Waals surface area contributed by atoms with E-state index in [1.807, 2.05) is 20.1 Å². The Morgan fingerprint density at radius 1 is 1.56 bits per heavy atom. The third-order valence-corrected chi connectivity index (χ3v) is 3.55. The molecule has 0 fully saturated rings. The number of nitrogens with zero attached hydrogens (tertiary/aromatic N) is 2. The van der Waals surface area contributed by atoms with Gasteiger partial charge in [0.1, 0.15) is 5.76 Å². The maximum Gasteiger partial charge on any atom is 0.239 e. The van der Waals surface area contributed by atoms with E-state index >= 15 is 0 Å². The van der Waals surface area contributed by atoms with Gasteiger partial charge in [0.2, 0.25) is 5.91 Å². The van der Waals surface area contributed by atoms with Crippen molar-refractivity contribution in [1.82, 2.24) is 10.1 Å². The molecule has 0 saturated carbocycles. The molecule has 2 N–H and O–H groups in total. The van der Waals surface area contributed by atoms with Crippen molar-refractivity contribution in [1.29, 1.82) is 0 Å². The zero-order chi connectivity index (χ0) is 13.7. The van der Waals surface area contributed by atoms with Crippen LogP contribution in [-0.4, -0.2) is 41.1 Å². The van der Waals surface area contributed by atoms with Crippen LogP contribution in [0.5, 0.6) is 0 Å². The molecule has 18 heavy (non-hydrogen) atoms. The van der Waals surface area contributed by atoms with Gasteiger partial charge in [-0.05, 0) is 32.3 Å². The fourth-order valence-electron chi connectivity index (χ4n) is 1.69. The summed E-state index contributed by atoms with van der Waals surface area (Å²) in [5.41, 5.74) is 7.65. The molecule has 102 valence electrons. The zero-order valence-corrected chi connectivity index (χ0v) is 12.2. The lowest BCUT2D eigenvalue weighted by Gasteiger charge is -2.21. The van der Waals surface area contributed by atoms with Crippen molar-refractivity contribution >= 4 is 17.7 Å². The predicted octanol–water partition coefficient (Wildman–Crippen LogP) is 1.33. The number of rotatable bonds is 6. The second-order valence-electron chi connectivity index (χ2n) is 4.38. The molecule has 0 bridgehead atoms. The summed E-state index contributed by atoms with van der Waals surface area (Å²) in [4.78, 5) is 13.7. The summed E-state index contributed by atoms with van der Waals surface area (Å²) >= 11 is 1.69. The summed E-state index contributed by atoms with van der Waals surface area (Å²) in [5.74, 6) is 1.61. The molecule has 0 saturated heterocycles. The molecule has 0 radical (unpaired) electrons. The molecule has 0 aliphatic heterocycles. The Morgan fingerprint density at radius 3 is 2.72 bits per heavy atom. The molecule has 1 atom stereocenters. The van der Waals surface area contributed by atoms with E-state index in [9.17, 15) is 4.79 Å². The number of thioether (sulfide) groups is 1. The minimum atomic E-state index is -0.428. The summed E-state index contributed by atoms with van der Waals surface area (Å²) in [5, 5.41) is 3.88. The average molecular weight is 271 g/mol. The van der Waals surface area contributed by atoms with Crippen molar-refractivity contribution in [3.63, 3.8) is 0 Å². The fourth-order valence-corrected chi connectivity index (χ4v) is 2.18. The molecule has 5 nitrogen and oxygen atoms in total. The first kappa shape index (κ1) is 15.0. The Balaban J connectivity index is 2.60. The van der Waals surface area contributed by atoms with Crippen LogP contribution in [0, 0.1) is 13.8 Å². The van der Waals surface area contributed by atoms with Crippen molar-refractivity contribution in [3.8, 4) is 0 Å². The lowest BCUT2D eigenvalue weighted by atomic mass is 10.1. The third-order valence-electron chi connectivity index (χ3n) is 2.90. The summed E-state index contributed by atoms with van der Waals surface area (Å²) in [6.07, 6.45) is 2.71. The molecule has 0 aliphatic carbocycles. The monoisotopic (exact) mass is 271 g/mol. The van der Waals surface area contributed by atoms with E-state index < -0.39 is 6.04 Å². The van der Waals surface area contributed by atoms with Crippen LogP contribution in [0.15, 0.2) is 4.52 Å². The molecule has 0 spiro atoms. The molecule has 1 amide bonds. The number of carbonyl (C=O) groups is 1. The smallest absolute Gasteiger partial charge is 0.239 e. The Morgan fingerprint density at radius 2 is 2.22 bits per heavy atom. The second-order valence-corrected chi connectivity index (χ2v) is 5.37. The number of hydrogen-bond donors (Lipinski definition) is 1. The summed E-state index contributed by atoms with van der Waals surface area (Å²) in [6, 6.07) is -0.428. The van der Waals surface area contributed by atoms with Crippen LogP contribution >= 0.6 is 11.8 Å². The number of aryl methyl sites for hydroxylation is 2. The molecule has 0 unspecified atom stereocenters. The Labute approximate surface area is 112 Å². The minimum Gasteiger partial charge on any atom is -0.361 e. The van der Waals surface area contributed by atoms with Gasteiger partial charge in [-0.3, -0.25) is 4.79 Å². The van der Waals surface area contributed by atoms with Gasteiger partial charge in [0.05, 0.1) is 18.3 Å². The van der Waals surface area contributed by atoms with Gasteiger partial charge < -0.3 is 15.2 Å². The van der Waals surface area contributed by atoms with E-state index in [2.05, 4.69) is 5.16 Å². The topological polar surface area (TPSA) is 72.4 Å². The molecule has 1 aromatic heterocycles. The fraction of sp³-hybridized carbons (Fsp3) is 0.667. The molecule has 0 aromatic carbocycles. The van der Waals surface area contributed by atoms with Gasteiger partial charge in [-0.25, -0.2) is 0 Å². The quantitative estimate of drug-likeness (QED) is 0.845. The summed E-state index contributed by atoms with van der Waals surface area (Å²) < 4.78 is 5.08. The Hall–Kier alpha value is -1.01. The van der Waals surface area contributed by atoms with E-state index in [-0.39, 0.29) is 5.91 Å². The predicted molar refractivity (Wildman–Crippen MR) is 73.4 cm³/mol. The Bertz CT molecular complexity index is 387. The first-order valence-corrected chi connectivity index (χ1v) is 7.28. The van der Waals surface area contributed by atoms with Gasteiger partial charge in [-0.1, -0.05) is 5.16 Å². The van der Waals surface area contributed by atoms with E-state index in [1.165, 1.54) is 0 Å². The average Bonchev–Trinajstić information content (AvgIpc) is 2.66. The molecular weight excluding hydrogens is 250 g/mol. The maximum atomic E-state index is 12.0. The number of hydrogen-bond acceptors (Lipinski definition) is 5. The molecule has 6 heteroatoms. The van der Waals surface area contributed by atoms with Gasteiger partial charge in [0, 0.05) is 12.6 Å². The summed E-state index contributed by atoms with van der Waals surface area (Å²) in [6.45, 7) is 4.21. The largest absolute Gasteiger partial charge is 0.361 e. The number of nitrogens with two attached hydrogens (primary N) is 1. The molecule has 1 heterocycles. The number of amides is 1. The van der Waals surface area contributed by atoms with Crippen molar-refractivity contribution in [2.75, 3.05) is 19.1 Å². The van der Waals surface area contributed by atoms with Crippen molar-refractivity contribution in [3.05, 3.63) is 17.0 Å². The van der Waals surface area contributed by atoms with Gasteiger partial charge in [0.25, 0.3) is 0 Å². The highest BCUT2D eigenvalue weighted by atomic mass is 32.2. The first-order chi connectivity index (χ1) is 8.47. The van der Waals surface area contributed by atoms with Gasteiger partial charge >= 0.3 is 0 Å². The van der Waals surface area contributed by atoms with E-state index in [0.717, 1.165) is 22.8 Å². The van der Waals surface area contributed by atoms with E-state index in [0.29, 0.717) is 13.0 Å². The van der Waals surface area contributed by atoms with Crippen LogP contribution in [0.4, 0.5) is 0 Å². The first-order valence-electron chi connectivity index (χ1n) is 5.88. The van der Waals surface area contributed by atoms with Crippen molar-refractivity contribution in [2.45, 2.75) is 32.9 Å². The van der Waals surface area contributed by atoms with Crippen LogP contribution in [-0.2, 0) is 11.3 Å². The van der Waals surface area contributed by atoms with Gasteiger partial charge in [0.15, 0.2) is 0 Å². The van der Waals surface area contributed by atoms with Crippen molar-refractivity contribution < 1.29 is 9.32 Å². The lowest BCUT2D eigenvalue weighted by Crippen LogP contribution is -2.41. The SMILES string of the molecule is CSCC[C@@H](N)C(=O)N(C)Cc1c(C)noc1C. The van der Waals surface area contributed by atoms with E-state index in [4.69, 9.17) is 10.3 Å². The highest BCUT2D eigenvalue weighted by molar-refractivity contribution is 7.98. The number of likely N-dealkylation sites (N-methyl/N-ethyl adjacent to an activating group) is 1. The summed E-state index contributed by atoms with van der Waals surface area (Å²) in [7, 11) is 1.76. The molecule has 1 rings (SSSR count). The zero-order valence-electron chi connectivity index (χ0n) is 11.4. The van der Waals surface area contributed by atoms with Crippen LogP contribution < -0.4 is 5.73 Å². The second kappa shape index (κ2) is 6.80. The lowest BCUT2D eigenvalue weighted by molar-refractivity contribution is -0.131. The van der Waals surface area contributed by atoms with Crippen LogP contribution in [0.3, 0.4) is 0 Å². The van der Waals surface area contributed by atoms with E-state index in [1.54, 1.807) is 23.7 Å². The van der Waals surface area contributed by atoms with Crippen LogP contribution in [0.1, 0.15) is 23.4 Å². The Kier molecular flexibility index (Phi) is 5.68. The van der Waals surface area contributed by atoms with Crippen molar-refractivity contribution in [2.24, 2.45) is 5.73 Å². The highest BCUT2D eigenvalue weighted by Crippen LogP contribution is 2.14. The molecule has 1 aromatic rings. The number of aromatic nitrogens is 1. The van der Waals surface area contributed by atoms with Gasteiger partial charge in [-0.15, -0.1) is 0 Å². The minimum absolute atomic E-state index is 0.0379. The van der Waals surface area contributed by atoms with Gasteiger partial charge in [-0.2, -0.15) is 11.8 Å². The van der Waals surface area contributed by atoms with Crippen LogP contribution in [0.2, 0.25) is 0 Å². The van der Waals surface area contributed by atoms with Crippen LogP contribution in [0.25, 0.3) is 0 Å².